The number of ether oxygens (including phenoxy) is 1. The molecule has 0 spiro atoms. The van der Waals surface area contributed by atoms with Crippen molar-refractivity contribution in [2.24, 2.45) is 0 Å². The lowest BCUT2D eigenvalue weighted by atomic mass is 10.1. The van der Waals surface area contributed by atoms with Crippen LogP contribution in [-0.4, -0.2) is 17.0 Å². The average Bonchev–Trinajstić information content (AvgIpc) is 3.30. The number of halogens is 1. The zero-order chi connectivity index (χ0) is 14.7. The van der Waals surface area contributed by atoms with Crippen LogP contribution in [-0.2, 0) is 0 Å². The Morgan fingerprint density at radius 3 is 2.62 bits per heavy atom. The van der Waals surface area contributed by atoms with Gasteiger partial charge < -0.3 is 9.84 Å². The molecule has 21 heavy (non-hydrogen) atoms. The number of aliphatic hydroxyl groups excluding tert-OH is 1. The molecule has 110 valence electrons. The lowest BCUT2D eigenvalue weighted by Gasteiger charge is -2.12. The lowest BCUT2D eigenvalue weighted by molar-refractivity contribution is 0.204. The largest absolute Gasteiger partial charge is 0.490 e. The molecular weight excluding hydrogens is 348 g/mol. The van der Waals surface area contributed by atoms with Crippen molar-refractivity contribution in [3.05, 3.63) is 58.6 Å². The molecule has 1 aliphatic rings. The topological polar surface area (TPSA) is 29.5 Å². The maximum Gasteiger partial charge on any atom is 0.119 e. The van der Waals surface area contributed by atoms with Crippen molar-refractivity contribution in [2.75, 3.05) is 5.75 Å². The molecule has 2 aromatic rings. The summed E-state index contributed by atoms with van der Waals surface area (Å²) in [4.78, 5) is 1.15. The summed E-state index contributed by atoms with van der Waals surface area (Å²) >= 11 is 5.11. The molecule has 0 heterocycles. The quantitative estimate of drug-likeness (QED) is 0.745. The van der Waals surface area contributed by atoms with Crippen LogP contribution in [0.2, 0.25) is 0 Å². The number of aliphatic hydroxyl groups is 1. The van der Waals surface area contributed by atoms with Crippen LogP contribution in [0.25, 0.3) is 0 Å². The second kappa shape index (κ2) is 6.86. The first-order valence-electron chi connectivity index (χ1n) is 7.04. The van der Waals surface area contributed by atoms with Gasteiger partial charge in [0.1, 0.15) is 5.75 Å². The second-order valence-corrected chi connectivity index (χ2v) is 7.18. The SMILES string of the molecule is OC(CSc1cccc(Br)c1)c1ccc(OC2CC2)cc1. The highest BCUT2D eigenvalue weighted by atomic mass is 79.9. The van der Waals surface area contributed by atoms with Crippen LogP contribution in [0, 0.1) is 0 Å². The van der Waals surface area contributed by atoms with E-state index in [9.17, 15) is 5.11 Å². The van der Waals surface area contributed by atoms with Gasteiger partial charge in [0.25, 0.3) is 0 Å². The normalized spacial score (nSPS) is 15.7. The minimum atomic E-state index is -0.469. The lowest BCUT2D eigenvalue weighted by Crippen LogP contribution is -2.01. The number of hydrogen-bond donors (Lipinski definition) is 1. The van der Waals surface area contributed by atoms with E-state index in [1.807, 2.05) is 36.4 Å². The molecule has 1 fully saturated rings. The molecular formula is C17H17BrO2S. The van der Waals surface area contributed by atoms with E-state index in [2.05, 4.69) is 28.1 Å². The third-order valence-corrected chi connectivity index (χ3v) is 4.86. The summed E-state index contributed by atoms with van der Waals surface area (Å²) in [7, 11) is 0. The van der Waals surface area contributed by atoms with E-state index >= 15 is 0 Å². The Morgan fingerprint density at radius 1 is 1.19 bits per heavy atom. The zero-order valence-electron chi connectivity index (χ0n) is 11.5. The molecule has 1 aliphatic carbocycles. The molecule has 0 aliphatic heterocycles. The highest BCUT2D eigenvalue weighted by molar-refractivity contribution is 9.10. The van der Waals surface area contributed by atoms with Crippen molar-refractivity contribution in [2.45, 2.75) is 29.9 Å². The standard InChI is InChI=1S/C17H17BrO2S/c18-13-2-1-3-16(10-13)21-11-17(19)12-4-6-14(7-5-12)20-15-8-9-15/h1-7,10,15,17,19H,8-9,11H2. The summed E-state index contributed by atoms with van der Waals surface area (Å²) < 4.78 is 6.77. The van der Waals surface area contributed by atoms with Crippen molar-refractivity contribution >= 4 is 27.7 Å². The van der Waals surface area contributed by atoms with E-state index in [-0.39, 0.29) is 0 Å². The summed E-state index contributed by atoms with van der Waals surface area (Å²) in [5.41, 5.74) is 0.931. The summed E-state index contributed by atoms with van der Waals surface area (Å²) in [5.74, 6) is 1.53. The molecule has 0 saturated heterocycles. The summed E-state index contributed by atoms with van der Waals surface area (Å²) in [6.45, 7) is 0. The van der Waals surface area contributed by atoms with Gasteiger partial charge in [-0.3, -0.25) is 0 Å². The van der Waals surface area contributed by atoms with Crippen LogP contribution in [0.3, 0.4) is 0 Å². The molecule has 0 bridgehead atoms. The fourth-order valence-corrected chi connectivity index (χ4v) is 3.45. The minimum Gasteiger partial charge on any atom is -0.490 e. The summed E-state index contributed by atoms with van der Waals surface area (Å²) in [6, 6.07) is 15.9. The van der Waals surface area contributed by atoms with E-state index in [0.29, 0.717) is 11.9 Å². The Hall–Kier alpha value is -0.970. The highest BCUT2D eigenvalue weighted by Crippen LogP contribution is 2.29. The van der Waals surface area contributed by atoms with Crippen molar-refractivity contribution < 1.29 is 9.84 Å². The Kier molecular flexibility index (Phi) is 4.88. The molecule has 1 unspecified atom stereocenters. The minimum absolute atomic E-state index is 0.410. The molecule has 2 aromatic carbocycles. The number of thioether (sulfide) groups is 1. The van der Waals surface area contributed by atoms with Crippen LogP contribution in [0.15, 0.2) is 57.9 Å². The van der Waals surface area contributed by atoms with Crippen LogP contribution in [0.4, 0.5) is 0 Å². The second-order valence-electron chi connectivity index (χ2n) is 5.17. The molecule has 1 N–H and O–H groups in total. The van der Waals surface area contributed by atoms with Gasteiger partial charge in [-0.1, -0.05) is 34.1 Å². The van der Waals surface area contributed by atoms with E-state index in [1.165, 1.54) is 0 Å². The first-order valence-corrected chi connectivity index (χ1v) is 8.81. The molecule has 1 saturated carbocycles. The summed E-state index contributed by atoms with van der Waals surface area (Å²) in [5, 5.41) is 10.3. The molecule has 3 rings (SSSR count). The highest BCUT2D eigenvalue weighted by Gasteiger charge is 2.23. The van der Waals surface area contributed by atoms with E-state index in [1.54, 1.807) is 11.8 Å². The third kappa shape index (κ3) is 4.50. The smallest absolute Gasteiger partial charge is 0.119 e. The molecule has 4 heteroatoms. The predicted octanol–water partition coefficient (Wildman–Crippen LogP) is 4.82. The van der Waals surface area contributed by atoms with Gasteiger partial charge in [0.15, 0.2) is 0 Å². The third-order valence-electron chi connectivity index (χ3n) is 3.30. The fourth-order valence-electron chi connectivity index (χ4n) is 1.98. The van der Waals surface area contributed by atoms with Gasteiger partial charge in [-0.25, -0.2) is 0 Å². The first-order chi connectivity index (χ1) is 10.2. The Bertz CT molecular complexity index is 596. The predicted molar refractivity (Wildman–Crippen MR) is 89.9 cm³/mol. The van der Waals surface area contributed by atoms with Crippen LogP contribution in [0.5, 0.6) is 5.75 Å². The molecule has 0 aromatic heterocycles. The van der Waals surface area contributed by atoms with Crippen molar-refractivity contribution in [1.82, 2.24) is 0 Å². The maximum atomic E-state index is 10.3. The van der Waals surface area contributed by atoms with Crippen LogP contribution >= 0.6 is 27.7 Å². The van der Waals surface area contributed by atoms with E-state index < -0.39 is 6.10 Å². The van der Waals surface area contributed by atoms with Gasteiger partial charge >= 0.3 is 0 Å². The number of benzene rings is 2. The molecule has 0 amide bonds. The fraction of sp³-hybridized carbons (Fsp3) is 0.294. The van der Waals surface area contributed by atoms with Crippen LogP contribution < -0.4 is 4.74 Å². The van der Waals surface area contributed by atoms with Gasteiger partial charge in [-0.05, 0) is 48.7 Å². The zero-order valence-corrected chi connectivity index (χ0v) is 13.9. The van der Waals surface area contributed by atoms with Crippen molar-refractivity contribution in [1.29, 1.82) is 0 Å². The van der Waals surface area contributed by atoms with Gasteiger partial charge in [0, 0.05) is 15.1 Å². The Balaban J connectivity index is 1.55. The monoisotopic (exact) mass is 364 g/mol. The average molecular weight is 365 g/mol. The van der Waals surface area contributed by atoms with E-state index in [4.69, 9.17) is 4.74 Å². The van der Waals surface area contributed by atoms with E-state index in [0.717, 1.165) is 33.5 Å². The van der Waals surface area contributed by atoms with Gasteiger partial charge in [0.05, 0.1) is 12.2 Å². The number of hydrogen-bond acceptors (Lipinski definition) is 3. The molecule has 0 radical (unpaired) electrons. The Morgan fingerprint density at radius 2 is 1.95 bits per heavy atom. The molecule has 2 nitrogen and oxygen atoms in total. The maximum absolute atomic E-state index is 10.3. The first kappa shape index (κ1) is 14.9. The van der Waals surface area contributed by atoms with Crippen molar-refractivity contribution in [3.8, 4) is 5.75 Å². The Labute approximate surface area is 137 Å². The number of rotatable bonds is 6. The van der Waals surface area contributed by atoms with Crippen molar-refractivity contribution in [3.63, 3.8) is 0 Å². The van der Waals surface area contributed by atoms with Crippen LogP contribution in [0.1, 0.15) is 24.5 Å². The van der Waals surface area contributed by atoms with Gasteiger partial charge in [-0.2, -0.15) is 0 Å². The summed E-state index contributed by atoms with van der Waals surface area (Å²) in [6.07, 6.45) is 2.26. The van der Waals surface area contributed by atoms with Gasteiger partial charge in [-0.15, -0.1) is 11.8 Å². The van der Waals surface area contributed by atoms with Gasteiger partial charge in [0.2, 0.25) is 0 Å². The molecule has 1 atom stereocenters.